The Hall–Kier alpha value is -7.33. The first-order valence-corrected chi connectivity index (χ1v) is 29.3. The number of rotatable bonds is 26. The van der Waals surface area contributed by atoms with Crippen molar-refractivity contribution >= 4 is 55.9 Å². The van der Waals surface area contributed by atoms with Gasteiger partial charge in [-0.15, -0.1) is 0 Å². The summed E-state index contributed by atoms with van der Waals surface area (Å²) in [4.78, 5) is 20.0. The van der Waals surface area contributed by atoms with E-state index in [1.807, 2.05) is 58.0 Å². The van der Waals surface area contributed by atoms with Gasteiger partial charge >= 0.3 is 10.1 Å². The highest BCUT2D eigenvalue weighted by Crippen LogP contribution is 2.42. The molecule has 2 aliphatic rings. The Kier molecular flexibility index (Phi) is 18.1. The molecule has 5 aromatic carbocycles. The number of benzene rings is 5. The molecule has 2 saturated heterocycles. The molecule has 0 amide bonds. The number of nitrogens with one attached hydrogen (secondary N) is 1. The summed E-state index contributed by atoms with van der Waals surface area (Å²) in [5.41, 5.74) is 5.27. The maximum atomic E-state index is 14.5. The van der Waals surface area contributed by atoms with Crippen LogP contribution >= 0.6 is 11.6 Å². The standard InChI is InChI=1S/C58H67ClFN9O10S/c1-5-72-51-28-40(29-52(73-6-2)55(51)41-10-12-42(60)13-11-41)35-68(43-18-22-61-23-19-43)57-64-48-33-46(15-17-50(48)77-57)79-80(70,71)38-69(58-65-47-32-45(14-16-49(47)78-58)76-27-9-24-67-37-62-36-63-67)44-20-25-66(26-21-44)34-39-30-53(74-7-3)56(59)54(31-39)75-8-4/h10-17,28-33,36-37,43-44,61H,5-9,18-27,34-35,38H2,1-4H3. The summed E-state index contributed by atoms with van der Waals surface area (Å²) in [6.07, 6.45) is 6.72. The van der Waals surface area contributed by atoms with Gasteiger partial charge in [0.25, 0.3) is 12.0 Å². The lowest BCUT2D eigenvalue weighted by Crippen LogP contribution is -2.47. The van der Waals surface area contributed by atoms with Crippen molar-refractivity contribution in [3.05, 3.63) is 120 Å². The lowest BCUT2D eigenvalue weighted by atomic mass is 9.99. The minimum absolute atomic E-state index is 0.0575. The molecule has 80 heavy (non-hydrogen) atoms. The van der Waals surface area contributed by atoms with E-state index in [4.69, 9.17) is 58.3 Å². The second-order valence-corrected chi connectivity index (χ2v) is 21.5. The van der Waals surface area contributed by atoms with Gasteiger partial charge in [-0.3, -0.25) is 9.58 Å². The van der Waals surface area contributed by atoms with E-state index in [0.29, 0.717) is 147 Å². The number of oxazole rings is 2. The van der Waals surface area contributed by atoms with Gasteiger partial charge in [-0.05, 0) is 144 Å². The average molecular weight is 1140 g/mol. The zero-order valence-corrected chi connectivity index (χ0v) is 47.0. The molecular formula is C58H67ClFN9O10S. The second-order valence-electron chi connectivity index (χ2n) is 19.6. The summed E-state index contributed by atoms with van der Waals surface area (Å²) in [6.45, 7) is 14.4. The molecule has 0 bridgehead atoms. The van der Waals surface area contributed by atoms with Crippen LogP contribution in [0.2, 0.25) is 5.02 Å². The van der Waals surface area contributed by atoms with E-state index in [-0.39, 0.29) is 29.7 Å². The Bertz CT molecular complexity index is 3390. The topological polar surface area (TPSA) is 194 Å². The van der Waals surface area contributed by atoms with Crippen LogP contribution in [0.4, 0.5) is 16.4 Å². The number of aromatic nitrogens is 5. The van der Waals surface area contributed by atoms with E-state index < -0.39 is 16.0 Å². The third-order valence-corrected chi connectivity index (χ3v) is 15.4. The van der Waals surface area contributed by atoms with Crippen molar-refractivity contribution in [1.82, 2.24) is 34.9 Å². The number of piperidine rings is 2. The molecule has 1 N–H and O–H groups in total. The van der Waals surface area contributed by atoms with Crippen molar-refractivity contribution < 1.29 is 49.5 Å². The van der Waals surface area contributed by atoms with Gasteiger partial charge < -0.3 is 51.8 Å². The van der Waals surface area contributed by atoms with E-state index in [9.17, 15) is 12.8 Å². The molecule has 0 aliphatic carbocycles. The van der Waals surface area contributed by atoms with Crippen LogP contribution in [0.25, 0.3) is 33.3 Å². The molecule has 0 unspecified atom stereocenters. The third kappa shape index (κ3) is 13.6. The smallest absolute Gasteiger partial charge is 0.327 e. The fourth-order valence-electron chi connectivity index (χ4n) is 10.3. The zero-order valence-electron chi connectivity index (χ0n) is 45.4. The highest BCUT2D eigenvalue weighted by Gasteiger charge is 2.34. The number of halogens is 2. The summed E-state index contributed by atoms with van der Waals surface area (Å²) >= 11 is 6.64. The van der Waals surface area contributed by atoms with Crippen molar-refractivity contribution in [1.29, 1.82) is 0 Å². The van der Waals surface area contributed by atoms with Crippen molar-refractivity contribution in [3.8, 4) is 45.6 Å². The first-order chi connectivity index (χ1) is 39.0. The van der Waals surface area contributed by atoms with Gasteiger partial charge in [0, 0.05) is 63.4 Å². The molecule has 19 nitrogen and oxygen atoms in total. The van der Waals surface area contributed by atoms with Gasteiger partial charge in [-0.1, -0.05) is 23.7 Å². The van der Waals surface area contributed by atoms with Crippen LogP contribution in [-0.2, 0) is 29.8 Å². The van der Waals surface area contributed by atoms with Crippen LogP contribution in [0, 0.1) is 5.82 Å². The van der Waals surface area contributed by atoms with Gasteiger partial charge in [0.05, 0.1) is 38.6 Å². The van der Waals surface area contributed by atoms with E-state index in [0.717, 1.165) is 48.2 Å². The highest BCUT2D eigenvalue weighted by atomic mass is 35.5. The Morgan fingerprint density at radius 2 is 1.27 bits per heavy atom. The Labute approximate surface area is 469 Å². The Balaban J connectivity index is 0.894. The number of nitrogens with zero attached hydrogens (tertiary/aromatic N) is 8. The predicted octanol–water partition coefficient (Wildman–Crippen LogP) is 10.7. The number of likely N-dealkylation sites (tertiary alicyclic amines) is 1. The normalized spacial score (nSPS) is 14.6. The van der Waals surface area contributed by atoms with Crippen LogP contribution in [0.3, 0.4) is 0 Å². The summed E-state index contributed by atoms with van der Waals surface area (Å²) in [7, 11) is -4.36. The number of hydrogen-bond donors (Lipinski definition) is 1. The molecular weight excluding hydrogens is 1070 g/mol. The van der Waals surface area contributed by atoms with Crippen LogP contribution in [0.1, 0.15) is 70.9 Å². The van der Waals surface area contributed by atoms with Gasteiger partial charge in [-0.25, -0.2) is 9.37 Å². The van der Waals surface area contributed by atoms with E-state index in [2.05, 4.69) is 25.2 Å². The van der Waals surface area contributed by atoms with Crippen molar-refractivity contribution in [2.75, 3.05) is 74.9 Å². The lowest BCUT2D eigenvalue weighted by molar-refractivity contribution is 0.200. The Morgan fingerprint density at radius 1 is 0.700 bits per heavy atom. The minimum Gasteiger partial charge on any atom is -0.493 e. The van der Waals surface area contributed by atoms with Gasteiger partial charge in [-0.2, -0.15) is 23.5 Å². The molecule has 2 fully saturated rings. The molecule has 0 saturated carbocycles. The fraction of sp³-hybridized carbons (Fsp3) is 0.414. The molecule has 424 valence electrons. The molecule has 5 heterocycles. The van der Waals surface area contributed by atoms with Crippen molar-refractivity contribution in [2.45, 2.75) is 91.5 Å². The van der Waals surface area contributed by atoms with Crippen LogP contribution < -0.4 is 43.0 Å². The third-order valence-electron chi connectivity index (χ3n) is 14.0. The summed E-state index contributed by atoms with van der Waals surface area (Å²) in [6, 6.07) is 24.6. The SMILES string of the molecule is CCOc1cc(CN2CCC(N(CS(=O)(=O)Oc3ccc4oc(N(Cc5cc(OCC)c(-c6ccc(F)cc6)c(OCC)c5)C5CCNCC5)nc4c3)c3nc4cc(OCCCn5cncn5)ccc4o3)CC2)cc(OCC)c1Cl. The van der Waals surface area contributed by atoms with Crippen LogP contribution in [-0.4, -0.2) is 115 Å². The van der Waals surface area contributed by atoms with Gasteiger partial charge in [0.1, 0.15) is 69.0 Å². The maximum Gasteiger partial charge on any atom is 0.327 e. The first kappa shape index (κ1) is 56.0. The largest absolute Gasteiger partial charge is 0.493 e. The first-order valence-electron chi connectivity index (χ1n) is 27.4. The van der Waals surface area contributed by atoms with E-state index >= 15 is 0 Å². The Morgan fingerprint density at radius 3 is 1.89 bits per heavy atom. The minimum atomic E-state index is -4.36. The maximum absolute atomic E-state index is 14.5. The fourth-order valence-corrected chi connectivity index (χ4v) is 11.7. The molecule has 0 atom stereocenters. The molecule has 0 spiro atoms. The van der Waals surface area contributed by atoms with E-state index in [1.165, 1.54) is 18.5 Å². The molecule has 10 rings (SSSR count). The zero-order chi connectivity index (χ0) is 55.6. The summed E-state index contributed by atoms with van der Waals surface area (Å²) in [5, 5.41) is 8.05. The number of aryl methyl sites for hydroxylation is 1. The number of fused-ring (bicyclic) bond motifs is 2. The van der Waals surface area contributed by atoms with E-state index in [1.54, 1.807) is 58.4 Å². The highest BCUT2D eigenvalue weighted by molar-refractivity contribution is 7.87. The van der Waals surface area contributed by atoms with Crippen LogP contribution in [0.15, 0.2) is 106 Å². The van der Waals surface area contributed by atoms with Crippen LogP contribution in [0.5, 0.6) is 34.5 Å². The molecule has 2 aliphatic heterocycles. The monoisotopic (exact) mass is 1140 g/mol. The molecule has 22 heteroatoms. The summed E-state index contributed by atoms with van der Waals surface area (Å²) in [5.74, 6) is 2.14. The molecule has 8 aromatic rings. The molecule has 3 aromatic heterocycles. The van der Waals surface area contributed by atoms with Crippen molar-refractivity contribution in [3.63, 3.8) is 0 Å². The second kappa shape index (κ2) is 25.9. The molecule has 0 radical (unpaired) electrons. The number of anilines is 2. The van der Waals surface area contributed by atoms with Crippen molar-refractivity contribution in [2.24, 2.45) is 0 Å². The quantitative estimate of drug-likeness (QED) is 0.0397. The number of hydrogen-bond acceptors (Lipinski definition) is 18. The summed E-state index contributed by atoms with van der Waals surface area (Å²) < 4.78 is 93.7. The van der Waals surface area contributed by atoms with Gasteiger partial charge in [0.2, 0.25) is 0 Å². The predicted molar refractivity (Wildman–Crippen MR) is 303 cm³/mol. The lowest BCUT2D eigenvalue weighted by Gasteiger charge is -2.37. The number of ether oxygens (including phenoxy) is 5. The average Bonchev–Trinajstić information content (AvgIpc) is 4.29. The van der Waals surface area contributed by atoms with Gasteiger partial charge in [0.15, 0.2) is 17.0 Å².